The van der Waals surface area contributed by atoms with Crippen molar-refractivity contribution in [1.82, 2.24) is 0 Å². The standard InChI is InChI=1S/C13H8F4N2O3S/c14-8-5-9(15)12(17)10(11(8)16)13(20)19-6-1-3-7(4-2-6)23(18,21)22/h1-5H,(H,19,20)(H2,18,21,22). The third kappa shape index (κ3) is 3.48. The van der Waals surface area contributed by atoms with Crippen LogP contribution in [0.5, 0.6) is 0 Å². The van der Waals surface area contributed by atoms with Crippen molar-refractivity contribution in [2.45, 2.75) is 4.90 Å². The zero-order chi connectivity index (χ0) is 17.4. The number of hydrogen-bond donors (Lipinski definition) is 2. The molecule has 0 aliphatic rings. The minimum absolute atomic E-state index is 0.0254. The number of rotatable bonds is 3. The van der Waals surface area contributed by atoms with E-state index in [0.717, 1.165) is 24.3 Å². The van der Waals surface area contributed by atoms with Gasteiger partial charge in [-0.15, -0.1) is 0 Å². The van der Waals surface area contributed by atoms with E-state index in [0.29, 0.717) is 0 Å². The molecule has 23 heavy (non-hydrogen) atoms. The Labute approximate surface area is 127 Å². The number of nitrogens with two attached hydrogens (primary N) is 1. The molecule has 0 fully saturated rings. The van der Waals surface area contributed by atoms with Gasteiger partial charge < -0.3 is 5.32 Å². The number of amides is 1. The first kappa shape index (κ1) is 16.9. The van der Waals surface area contributed by atoms with Gasteiger partial charge in [-0.3, -0.25) is 4.79 Å². The number of carbonyl (C=O) groups excluding carboxylic acids is 1. The predicted octanol–water partition coefficient (Wildman–Crippen LogP) is 2.14. The third-order valence-corrected chi connectivity index (χ3v) is 3.71. The molecule has 0 atom stereocenters. The maximum Gasteiger partial charge on any atom is 0.261 e. The van der Waals surface area contributed by atoms with E-state index in [1.807, 2.05) is 5.32 Å². The second kappa shape index (κ2) is 5.97. The van der Waals surface area contributed by atoms with Gasteiger partial charge in [0.25, 0.3) is 5.91 Å². The fourth-order valence-corrected chi connectivity index (χ4v) is 2.21. The van der Waals surface area contributed by atoms with Gasteiger partial charge in [-0.25, -0.2) is 31.1 Å². The van der Waals surface area contributed by atoms with Gasteiger partial charge in [-0.2, -0.15) is 0 Å². The maximum atomic E-state index is 13.5. The van der Waals surface area contributed by atoms with Crippen LogP contribution in [0.4, 0.5) is 23.2 Å². The first-order chi connectivity index (χ1) is 10.6. The second-order valence-electron chi connectivity index (χ2n) is 4.37. The summed E-state index contributed by atoms with van der Waals surface area (Å²) in [6, 6.07) is 4.21. The Morgan fingerprint density at radius 1 is 0.957 bits per heavy atom. The van der Waals surface area contributed by atoms with Crippen LogP contribution in [0.1, 0.15) is 10.4 Å². The van der Waals surface area contributed by atoms with E-state index in [4.69, 9.17) is 5.14 Å². The Hall–Kier alpha value is -2.46. The van der Waals surface area contributed by atoms with E-state index in [-0.39, 0.29) is 16.6 Å². The topological polar surface area (TPSA) is 89.3 Å². The lowest BCUT2D eigenvalue weighted by Gasteiger charge is -2.08. The number of carbonyl (C=O) groups is 1. The Morgan fingerprint density at radius 3 is 1.87 bits per heavy atom. The molecule has 0 saturated carbocycles. The van der Waals surface area contributed by atoms with Crippen molar-refractivity contribution in [3.8, 4) is 0 Å². The molecule has 0 saturated heterocycles. The van der Waals surface area contributed by atoms with Gasteiger partial charge in [0.2, 0.25) is 10.0 Å². The fourth-order valence-electron chi connectivity index (χ4n) is 1.69. The summed E-state index contributed by atoms with van der Waals surface area (Å²) < 4.78 is 75.2. The second-order valence-corrected chi connectivity index (χ2v) is 5.93. The Morgan fingerprint density at radius 2 is 1.43 bits per heavy atom. The predicted molar refractivity (Wildman–Crippen MR) is 72.0 cm³/mol. The van der Waals surface area contributed by atoms with Crippen molar-refractivity contribution in [3.63, 3.8) is 0 Å². The van der Waals surface area contributed by atoms with Crippen LogP contribution < -0.4 is 10.5 Å². The minimum atomic E-state index is -3.96. The summed E-state index contributed by atoms with van der Waals surface area (Å²) in [6.45, 7) is 0. The molecule has 0 radical (unpaired) electrons. The largest absolute Gasteiger partial charge is 0.322 e. The van der Waals surface area contributed by atoms with E-state index in [9.17, 15) is 30.8 Å². The van der Waals surface area contributed by atoms with Crippen LogP contribution in [-0.4, -0.2) is 14.3 Å². The molecule has 122 valence electrons. The van der Waals surface area contributed by atoms with Gasteiger partial charge in [-0.1, -0.05) is 0 Å². The van der Waals surface area contributed by atoms with Gasteiger partial charge in [-0.05, 0) is 24.3 Å². The fraction of sp³-hybridized carbons (Fsp3) is 0. The van der Waals surface area contributed by atoms with Crippen LogP contribution in [0.2, 0.25) is 0 Å². The Kier molecular flexibility index (Phi) is 4.39. The number of hydrogen-bond acceptors (Lipinski definition) is 3. The SMILES string of the molecule is NS(=O)(=O)c1ccc(NC(=O)c2c(F)c(F)cc(F)c2F)cc1. The zero-order valence-corrected chi connectivity index (χ0v) is 11.9. The highest BCUT2D eigenvalue weighted by atomic mass is 32.2. The number of sulfonamides is 1. The molecular weight excluding hydrogens is 340 g/mol. The van der Waals surface area contributed by atoms with Crippen LogP contribution in [0.3, 0.4) is 0 Å². The number of anilines is 1. The third-order valence-electron chi connectivity index (χ3n) is 2.78. The summed E-state index contributed by atoms with van der Waals surface area (Å²) in [5.41, 5.74) is -1.50. The van der Waals surface area contributed by atoms with Crippen molar-refractivity contribution in [1.29, 1.82) is 0 Å². The number of halogens is 4. The van der Waals surface area contributed by atoms with Gasteiger partial charge in [0, 0.05) is 11.8 Å². The van der Waals surface area contributed by atoms with Crippen molar-refractivity contribution in [2.75, 3.05) is 5.32 Å². The van der Waals surface area contributed by atoms with Crippen LogP contribution in [-0.2, 0) is 10.0 Å². The van der Waals surface area contributed by atoms with E-state index in [1.165, 1.54) is 0 Å². The molecule has 0 heterocycles. The molecule has 0 spiro atoms. The molecule has 1 amide bonds. The molecule has 0 bridgehead atoms. The van der Waals surface area contributed by atoms with Crippen molar-refractivity contribution >= 4 is 21.6 Å². The van der Waals surface area contributed by atoms with Crippen LogP contribution >= 0.6 is 0 Å². The van der Waals surface area contributed by atoms with E-state index < -0.39 is 44.8 Å². The average Bonchev–Trinajstić information content (AvgIpc) is 2.45. The normalized spacial score (nSPS) is 11.3. The van der Waals surface area contributed by atoms with Gasteiger partial charge in [0.05, 0.1) is 4.90 Å². The molecule has 0 aromatic heterocycles. The van der Waals surface area contributed by atoms with E-state index in [2.05, 4.69) is 0 Å². The maximum absolute atomic E-state index is 13.5. The molecule has 3 N–H and O–H groups in total. The molecule has 5 nitrogen and oxygen atoms in total. The average molecular weight is 348 g/mol. The highest BCUT2D eigenvalue weighted by molar-refractivity contribution is 7.89. The van der Waals surface area contributed by atoms with Crippen LogP contribution in [0.15, 0.2) is 35.2 Å². The van der Waals surface area contributed by atoms with Crippen molar-refractivity contribution < 1.29 is 30.8 Å². The number of primary sulfonamides is 1. The van der Waals surface area contributed by atoms with Crippen molar-refractivity contribution in [2.24, 2.45) is 5.14 Å². The first-order valence-electron chi connectivity index (χ1n) is 5.88. The molecule has 0 unspecified atom stereocenters. The zero-order valence-electron chi connectivity index (χ0n) is 11.1. The molecule has 2 aromatic rings. The lowest BCUT2D eigenvalue weighted by atomic mass is 10.1. The summed E-state index contributed by atoms with van der Waals surface area (Å²) in [4.78, 5) is 11.5. The lowest BCUT2D eigenvalue weighted by molar-refractivity contribution is 0.101. The molecule has 10 heteroatoms. The smallest absolute Gasteiger partial charge is 0.261 e. The highest BCUT2D eigenvalue weighted by Gasteiger charge is 2.24. The summed E-state index contributed by atoms with van der Waals surface area (Å²) in [5, 5.41) is 6.86. The highest BCUT2D eigenvalue weighted by Crippen LogP contribution is 2.21. The minimum Gasteiger partial charge on any atom is -0.322 e. The van der Waals surface area contributed by atoms with Gasteiger partial charge in [0.1, 0.15) is 5.56 Å². The molecule has 2 rings (SSSR count). The van der Waals surface area contributed by atoms with Crippen LogP contribution in [0, 0.1) is 23.3 Å². The quantitative estimate of drug-likeness (QED) is 0.658. The molecule has 0 aliphatic carbocycles. The molecular formula is C13H8F4N2O3S. The van der Waals surface area contributed by atoms with E-state index >= 15 is 0 Å². The van der Waals surface area contributed by atoms with Crippen LogP contribution in [0.25, 0.3) is 0 Å². The van der Waals surface area contributed by atoms with Gasteiger partial charge in [0.15, 0.2) is 23.3 Å². The monoisotopic (exact) mass is 348 g/mol. The molecule has 2 aromatic carbocycles. The lowest BCUT2D eigenvalue weighted by Crippen LogP contribution is -2.18. The molecule has 0 aliphatic heterocycles. The van der Waals surface area contributed by atoms with E-state index in [1.54, 1.807) is 0 Å². The summed E-state index contributed by atoms with van der Waals surface area (Å²) in [5.74, 6) is -8.58. The Balaban J connectivity index is 2.34. The first-order valence-corrected chi connectivity index (χ1v) is 7.43. The summed E-state index contributed by atoms with van der Waals surface area (Å²) in [6.07, 6.45) is 0. The van der Waals surface area contributed by atoms with Gasteiger partial charge >= 0.3 is 0 Å². The Bertz CT molecular complexity index is 857. The summed E-state index contributed by atoms with van der Waals surface area (Å²) in [7, 11) is -3.96. The summed E-state index contributed by atoms with van der Waals surface area (Å²) >= 11 is 0. The number of nitrogens with one attached hydrogen (secondary N) is 1. The van der Waals surface area contributed by atoms with Crippen molar-refractivity contribution in [3.05, 3.63) is 59.2 Å². The number of benzene rings is 2.